The van der Waals surface area contributed by atoms with Gasteiger partial charge in [0.05, 0.1) is 22.6 Å². The first-order valence-corrected chi connectivity index (χ1v) is 5.64. The van der Waals surface area contributed by atoms with Crippen LogP contribution in [0.5, 0.6) is 11.5 Å². The number of hydrogen-bond donors (Lipinski definition) is 3. The lowest BCUT2D eigenvalue weighted by molar-refractivity contribution is -0.384. The summed E-state index contributed by atoms with van der Waals surface area (Å²) in [6.45, 7) is 0. The number of nitrogens with zero attached hydrogens (tertiary/aromatic N) is 1. The van der Waals surface area contributed by atoms with E-state index in [1.54, 1.807) is 6.08 Å². The number of rotatable bonds is 1. The Hall–Kier alpha value is -2.76. The molecular weight excluding hydrogens is 248 g/mol. The summed E-state index contributed by atoms with van der Waals surface area (Å²) in [5, 5.41) is 33.4. The molecule has 0 fully saturated rings. The Morgan fingerprint density at radius 1 is 1.32 bits per heavy atom. The number of phenols is 2. The van der Waals surface area contributed by atoms with Crippen molar-refractivity contribution in [3.8, 4) is 11.5 Å². The van der Waals surface area contributed by atoms with Gasteiger partial charge < -0.3 is 15.5 Å². The molecule has 0 aromatic heterocycles. The summed E-state index contributed by atoms with van der Waals surface area (Å²) < 4.78 is 0. The van der Waals surface area contributed by atoms with E-state index in [9.17, 15) is 20.3 Å². The van der Waals surface area contributed by atoms with E-state index in [2.05, 4.69) is 5.32 Å². The highest BCUT2D eigenvalue weighted by Gasteiger charge is 2.29. The highest BCUT2D eigenvalue weighted by atomic mass is 16.6. The smallest absolute Gasteiger partial charge is 0.296 e. The number of fused-ring (bicyclic) bond motifs is 2. The minimum absolute atomic E-state index is 0.167. The van der Waals surface area contributed by atoms with E-state index in [1.165, 1.54) is 0 Å². The van der Waals surface area contributed by atoms with Gasteiger partial charge in [-0.25, -0.2) is 0 Å². The molecule has 1 atom stereocenters. The summed E-state index contributed by atoms with van der Waals surface area (Å²) in [6, 6.07) is 0.780. The van der Waals surface area contributed by atoms with Crippen LogP contribution in [0.4, 0.5) is 11.4 Å². The lowest BCUT2D eigenvalue weighted by atomic mass is 9.93. The van der Waals surface area contributed by atoms with Crippen molar-refractivity contribution in [1.82, 2.24) is 0 Å². The van der Waals surface area contributed by atoms with E-state index in [0.29, 0.717) is 0 Å². The van der Waals surface area contributed by atoms with Crippen molar-refractivity contribution in [1.29, 1.82) is 0 Å². The Labute approximate surface area is 108 Å². The van der Waals surface area contributed by atoms with Crippen LogP contribution in [0.1, 0.15) is 5.56 Å². The maximum atomic E-state index is 11.0. The van der Waals surface area contributed by atoms with Crippen LogP contribution in [-0.4, -0.2) is 21.2 Å². The number of nitro groups is 1. The second kappa shape index (κ2) is 3.88. The molecule has 19 heavy (non-hydrogen) atoms. The van der Waals surface area contributed by atoms with E-state index in [0.717, 1.165) is 11.6 Å². The van der Waals surface area contributed by atoms with Crippen LogP contribution in [0.25, 0.3) is 6.08 Å². The molecule has 0 spiro atoms. The molecule has 0 radical (unpaired) electrons. The third kappa shape index (κ3) is 1.65. The molecule has 0 saturated heterocycles. The number of anilines is 1. The van der Waals surface area contributed by atoms with Gasteiger partial charge in [-0.15, -0.1) is 0 Å². The number of benzene rings is 1. The van der Waals surface area contributed by atoms with Crippen molar-refractivity contribution in [3.05, 3.63) is 51.6 Å². The van der Waals surface area contributed by atoms with Gasteiger partial charge in [0.25, 0.3) is 5.69 Å². The summed E-state index contributed by atoms with van der Waals surface area (Å²) in [4.78, 5) is 10.4. The minimum Gasteiger partial charge on any atom is -0.504 e. The SMILES string of the molecule is O=[N+]([O-])c1cc(O)c(O)c2c1NC1C=CC=CC1=C2. The zero-order valence-electron chi connectivity index (χ0n) is 9.70. The van der Waals surface area contributed by atoms with Crippen LogP contribution in [0.2, 0.25) is 0 Å². The molecule has 96 valence electrons. The Kier molecular flexibility index (Phi) is 2.31. The van der Waals surface area contributed by atoms with Crippen molar-refractivity contribution in [2.75, 3.05) is 5.32 Å². The largest absolute Gasteiger partial charge is 0.504 e. The normalized spacial score (nSPS) is 19.2. The van der Waals surface area contributed by atoms with E-state index >= 15 is 0 Å². The number of aromatic hydroxyl groups is 2. The maximum Gasteiger partial charge on any atom is 0.296 e. The number of phenolic OH excluding ortho intramolecular Hbond substituents is 2. The van der Waals surface area contributed by atoms with Gasteiger partial charge in [-0.2, -0.15) is 0 Å². The van der Waals surface area contributed by atoms with Gasteiger partial charge in [-0.05, 0) is 11.6 Å². The van der Waals surface area contributed by atoms with Gasteiger partial charge in [0.2, 0.25) is 0 Å². The number of nitrogens with one attached hydrogen (secondary N) is 1. The standard InChI is InChI=1S/C13H10N2O4/c16-11-6-10(15(18)19)12-8(13(11)17)5-7-3-1-2-4-9(7)14-12/h1-6,9,14,16-17H. The molecular formula is C13H10N2O4. The van der Waals surface area contributed by atoms with Crippen molar-refractivity contribution in [3.63, 3.8) is 0 Å². The van der Waals surface area contributed by atoms with E-state index in [1.807, 2.05) is 24.3 Å². The van der Waals surface area contributed by atoms with Crippen LogP contribution < -0.4 is 5.32 Å². The fraction of sp³-hybridized carbons (Fsp3) is 0.0769. The topological polar surface area (TPSA) is 95.6 Å². The first-order chi connectivity index (χ1) is 9.08. The fourth-order valence-electron chi connectivity index (χ4n) is 2.25. The minimum atomic E-state index is -0.591. The van der Waals surface area contributed by atoms with Crippen LogP contribution >= 0.6 is 0 Å². The summed E-state index contributed by atoms with van der Waals surface area (Å²) >= 11 is 0. The third-order valence-corrected chi connectivity index (χ3v) is 3.17. The van der Waals surface area contributed by atoms with E-state index in [4.69, 9.17) is 0 Å². The van der Waals surface area contributed by atoms with Gasteiger partial charge in [0.15, 0.2) is 11.5 Å². The molecule has 6 heteroatoms. The first kappa shape index (κ1) is 11.3. The Bertz CT molecular complexity index is 674. The summed E-state index contributed by atoms with van der Waals surface area (Å²) in [5.74, 6) is -0.861. The van der Waals surface area contributed by atoms with Crippen LogP contribution in [0.3, 0.4) is 0 Å². The predicted molar refractivity (Wildman–Crippen MR) is 70.1 cm³/mol. The molecule has 2 aliphatic rings. The molecule has 0 bridgehead atoms. The highest BCUT2D eigenvalue weighted by molar-refractivity contribution is 5.87. The lowest BCUT2D eigenvalue weighted by Gasteiger charge is -2.26. The van der Waals surface area contributed by atoms with E-state index in [-0.39, 0.29) is 28.7 Å². The monoisotopic (exact) mass is 258 g/mol. The van der Waals surface area contributed by atoms with Gasteiger partial charge in [-0.3, -0.25) is 10.1 Å². The Morgan fingerprint density at radius 2 is 2.11 bits per heavy atom. The predicted octanol–water partition coefficient (Wildman–Crippen LogP) is 2.31. The van der Waals surface area contributed by atoms with Gasteiger partial charge in [-0.1, -0.05) is 24.3 Å². The summed E-state index contributed by atoms with van der Waals surface area (Å²) in [5.41, 5.74) is 1.06. The molecule has 1 aliphatic carbocycles. The zero-order chi connectivity index (χ0) is 13.6. The third-order valence-electron chi connectivity index (χ3n) is 3.17. The average Bonchev–Trinajstić information content (AvgIpc) is 2.41. The van der Waals surface area contributed by atoms with Gasteiger partial charge >= 0.3 is 0 Å². The zero-order valence-corrected chi connectivity index (χ0v) is 9.70. The maximum absolute atomic E-state index is 11.0. The van der Waals surface area contributed by atoms with Crippen LogP contribution in [0, 0.1) is 10.1 Å². The Morgan fingerprint density at radius 3 is 2.84 bits per heavy atom. The van der Waals surface area contributed by atoms with Crippen molar-refractivity contribution in [2.24, 2.45) is 0 Å². The summed E-state index contributed by atoms with van der Waals surface area (Å²) in [6.07, 6.45) is 9.02. The first-order valence-electron chi connectivity index (χ1n) is 5.64. The second-order valence-electron chi connectivity index (χ2n) is 4.32. The summed E-state index contributed by atoms with van der Waals surface area (Å²) in [7, 11) is 0. The lowest BCUT2D eigenvalue weighted by Crippen LogP contribution is -2.24. The average molecular weight is 258 g/mol. The Balaban J connectivity index is 2.26. The van der Waals surface area contributed by atoms with Crippen LogP contribution in [0.15, 0.2) is 35.9 Å². The van der Waals surface area contributed by atoms with Crippen molar-refractivity contribution < 1.29 is 15.1 Å². The number of nitro benzene ring substituents is 1. The molecule has 1 aliphatic heterocycles. The van der Waals surface area contributed by atoms with Crippen molar-refractivity contribution >= 4 is 17.5 Å². The molecule has 1 aromatic rings. The molecule has 3 rings (SSSR count). The number of hydrogen-bond acceptors (Lipinski definition) is 5. The van der Waals surface area contributed by atoms with Gasteiger partial charge in [0.1, 0.15) is 5.69 Å². The molecule has 1 aromatic carbocycles. The molecule has 3 N–H and O–H groups in total. The second-order valence-corrected chi connectivity index (χ2v) is 4.32. The molecule has 0 amide bonds. The quantitative estimate of drug-likeness (QED) is 0.311. The highest BCUT2D eigenvalue weighted by Crippen LogP contribution is 2.45. The van der Waals surface area contributed by atoms with E-state index < -0.39 is 10.7 Å². The fourth-order valence-corrected chi connectivity index (χ4v) is 2.25. The molecule has 6 nitrogen and oxygen atoms in total. The number of allylic oxidation sites excluding steroid dienone is 2. The van der Waals surface area contributed by atoms with Gasteiger partial charge in [0, 0.05) is 0 Å². The molecule has 1 heterocycles. The molecule has 1 unspecified atom stereocenters. The van der Waals surface area contributed by atoms with Crippen LogP contribution in [-0.2, 0) is 0 Å². The van der Waals surface area contributed by atoms with Crippen molar-refractivity contribution in [2.45, 2.75) is 6.04 Å². The molecule has 0 saturated carbocycles.